The Bertz CT molecular complexity index is 536. The van der Waals surface area contributed by atoms with Crippen LogP contribution < -0.4 is 0 Å². The van der Waals surface area contributed by atoms with Gasteiger partial charge < -0.3 is 0 Å². The first-order valence-electron chi connectivity index (χ1n) is 5.41. The first-order chi connectivity index (χ1) is 8.20. The zero-order valence-corrected chi connectivity index (χ0v) is 11.8. The van der Waals surface area contributed by atoms with Crippen molar-refractivity contribution in [2.24, 2.45) is 0 Å². The number of rotatable bonds is 4. The monoisotopic (exact) mass is 309 g/mol. The third-order valence-corrected chi connectivity index (χ3v) is 4.17. The lowest BCUT2D eigenvalue weighted by atomic mass is 10.0. The Balaban J connectivity index is 2.20. The molecule has 0 aliphatic rings. The van der Waals surface area contributed by atoms with E-state index in [9.17, 15) is 4.79 Å². The summed E-state index contributed by atoms with van der Waals surface area (Å²) in [6.07, 6.45) is 4.75. The fourth-order valence-corrected chi connectivity index (χ4v) is 3.16. The number of thiophene rings is 1. The number of carbonyl (C=O) groups is 1. The van der Waals surface area contributed by atoms with Crippen LogP contribution in [0.1, 0.15) is 27.7 Å². The second kappa shape index (κ2) is 5.56. The molecule has 88 valence electrons. The van der Waals surface area contributed by atoms with E-state index in [1.54, 1.807) is 23.7 Å². The summed E-state index contributed by atoms with van der Waals surface area (Å²) < 4.78 is 1.06. The van der Waals surface area contributed by atoms with Crippen molar-refractivity contribution in [1.82, 2.24) is 4.98 Å². The lowest BCUT2D eigenvalue weighted by molar-refractivity contribution is 0.0993. The van der Waals surface area contributed by atoms with Crippen molar-refractivity contribution in [3.8, 4) is 0 Å². The van der Waals surface area contributed by atoms with Crippen molar-refractivity contribution in [2.75, 3.05) is 0 Å². The molecule has 0 spiro atoms. The predicted octanol–water partition coefficient (Wildman–Crippen LogP) is 3.89. The van der Waals surface area contributed by atoms with Gasteiger partial charge >= 0.3 is 0 Å². The van der Waals surface area contributed by atoms with Crippen molar-refractivity contribution in [2.45, 2.75) is 19.8 Å². The number of pyridine rings is 1. The minimum Gasteiger partial charge on any atom is -0.294 e. The van der Waals surface area contributed by atoms with E-state index >= 15 is 0 Å². The third-order valence-electron chi connectivity index (χ3n) is 2.55. The molecule has 0 bridgehead atoms. The molecule has 0 aromatic carbocycles. The standard InChI is InChI=1S/C13H12BrNOS/c1-2-9-8-15-6-5-11(9)12(16)7-10-3-4-13(14)17-10/h3-6,8H,2,7H2,1H3. The van der Waals surface area contributed by atoms with Gasteiger partial charge in [-0.05, 0) is 46.1 Å². The maximum Gasteiger partial charge on any atom is 0.168 e. The summed E-state index contributed by atoms with van der Waals surface area (Å²) in [5.41, 5.74) is 1.82. The van der Waals surface area contributed by atoms with Crippen molar-refractivity contribution in [3.63, 3.8) is 0 Å². The van der Waals surface area contributed by atoms with Gasteiger partial charge in [0.2, 0.25) is 0 Å². The van der Waals surface area contributed by atoms with Crippen LogP contribution in [0.25, 0.3) is 0 Å². The molecule has 0 amide bonds. The van der Waals surface area contributed by atoms with E-state index in [0.717, 1.165) is 26.2 Å². The Morgan fingerprint density at radius 1 is 1.41 bits per heavy atom. The van der Waals surface area contributed by atoms with Crippen LogP contribution in [-0.2, 0) is 12.8 Å². The van der Waals surface area contributed by atoms with E-state index in [-0.39, 0.29) is 5.78 Å². The highest BCUT2D eigenvalue weighted by Crippen LogP contribution is 2.23. The summed E-state index contributed by atoms with van der Waals surface area (Å²) in [6.45, 7) is 2.04. The van der Waals surface area contributed by atoms with Gasteiger partial charge in [0.1, 0.15) is 0 Å². The van der Waals surface area contributed by atoms with Gasteiger partial charge in [0.05, 0.1) is 3.79 Å². The Morgan fingerprint density at radius 2 is 2.24 bits per heavy atom. The number of hydrogen-bond donors (Lipinski definition) is 0. The number of hydrogen-bond acceptors (Lipinski definition) is 3. The number of nitrogens with zero attached hydrogens (tertiary/aromatic N) is 1. The minimum atomic E-state index is 0.165. The molecule has 0 N–H and O–H groups in total. The molecule has 0 fully saturated rings. The summed E-state index contributed by atoms with van der Waals surface area (Å²) in [4.78, 5) is 17.3. The van der Waals surface area contributed by atoms with Gasteiger partial charge in [-0.25, -0.2) is 0 Å². The van der Waals surface area contributed by atoms with Gasteiger partial charge in [-0.15, -0.1) is 11.3 Å². The maximum absolute atomic E-state index is 12.2. The van der Waals surface area contributed by atoms with Gasteiger partial charge in [0.25, 0.3) is 0 Å². The molecule has 2 heterocycles. The number of aromatic nitrogens is 1. The van der Waals surface area contributed by atoms with Crippen molar-refractivity contribution in [3.05, 3.63) is 50.4 Å². The molecule has 2 aromatic heterocycles. The summed E-state index contributed by atoms with van der Waals surface area (Å²) in [6, 6.07) is 5.77. The number of carbonyl (C=O) groups excluding carboxylic acids is 1. The highest BCUT2D eigenvalue weighted by Gasteiger charge is 2.12. The van der Waals surface area contributed by atoms with Gasteiger partial charge in [-0.3, -0.25) is 9.78 Å². The zero-order valence-electron chi connectivity index (χ0n) is 9.44. The average molecular weight is 310 g/mol. The highest BCUT2D eigenvalue weighted by atomic mass is 79.9. The molecular formula is C13H12BrNOS. The summed E-state index contributed by atoms with van der Waals surface area (Å²) >= 11 is 5.01. The van der Waals surface area contributed by atoms with Gasteiger partial charge in [0.15, 0.2) is 5.78 Å². The number of ketones is 1. The predicted molar refractivity (Wildman–Crippen MR) is 73.7 cm³/mol. The van der Waals surface area contributed by atoms with E-state index in [1.165, 1.54) is 0 Å². The molecule has 0 saturated heterocycles. The number of aryl methyl sites for hydroxylation is 1. The lowest BCUT2D eigenvalue weighted by Crippen LogP contribution is -2.06. The highest BCUT2D eigenvalue weighted by molar-refractivity contribution is 9.11. The van der Waals surface area contributed by atoms with E-state index in [0.29, 0.717) is 6.42 Å². The number of halogens is 1. The molecule has 2 rings (SSSR count). The van der Waals surface area contributed by atoms with Crippen LogP contribution in [0.2, 0.25) is 0 Å². The topological polar surface area (TPSA) is 30.0 Å². The SMILES string of the molecule is CCc1cnccc1C(=O)Cc1ccc(Br)s1. The van der Waals surface area contributed by atoms with Crippen LogP contribution in [0.4, 0.5) is 0 Å². The molecule has 17 heavy (non-hydrogen) atoms. The van der Waals surface area contributed by atoms with Crippen LogP contribution in [-0.4, -0.2) is 10.8 Å². The third kappa shape index (κ3) is 3.01. The normalized spacial score (nSPS) is 10.5. The first kappa shape index (κ1) is 12.5. The second-order valence-corrected chi connectivity index (χ2v) is 6.24. The zero-order chi connectivity index (χ0) is 12.3. The van der Waals surface area contributed by atoms with Crippen molar-refractivity contribution < 1.29 is 4.79 Å². The molecular weight excluding hydrogens is 298 g/mol. The lowest BCUT2D eigenvalue weighted by Gasteiger charge is -2.04. The van der Waals surface area contributed by atoms with Crippen LogP contribution in [0.3, 0.4) is 0 Å². The Labute approximate surface area is 113 Å². The molecule has 0 radical (unpaired) electrons. The van der Waals surface area contributed by atoms with Crippen LogP contribution in [0, 0.1) is 0 Å². The summed E-state index contributed by atoms with van der Waals surface area (Å²) in [7, 11) is 0. The molecule has 0 saturated carbocycles. The second-order valence-electron chi connectivity index (χ2n) is 3.69. The minimum absolute atomic E-state index is 0.165. The smallest absolute Gasteiger partial charge is 0.168 e. The van der Waals surface area contributed by atoms with Crippen molar-refractivity contribution in [1.29, 1.82) is 0 Å². The molecule has 4 heteroatoms. The van der Waals surface area contributed by atoms with E-state index in [2.05, 4.69) is 20.9 Å². The fraction of sp³-hybridized carbons (Fsp3) is 0.231. The Kier molecular flexibility index (Phi) is 4.07. The summed E-state index contributed by atoms with van der Waals surface area (Å²) in [5, 5.41) is 0. The molecule has 0 aliphatic heterocycles. The van der Waals surface area contributed by atoms with Gasteiger partial charge in [-0.1, -0.05) is 6.92 Å². The largest absolute Gasteiger partial charge is 0.294 e. The van der Waals surface area contributed by atoms with Gasteiger partial charge in [-0.2, -0.15) is 0 Å². The van der Waals surface area contributed by atoms with Crippen molar-refractivity contribution >= 4 is 33.0 Å². The van der Waals surface area contributed by atoms with E-state index in [4.69, 9.17) is 0 Å². The molecule has 2 nitrogen and oxygen atoms in total. The van der Waals surface area contributed by atoms with E-state index in [1.807, 2.05) is 25.1 Å². The van der Waals surface area contributed by atoms with Crippen LogP contribution >= 0.6 is 27.3 Å². The van der Waals surface area contributed by atoms with E-state index < -0.39 is 0 Å². The Hall–Kier alpha value is -1.000. The van der Waals surface area contributed by atoms with Crippen LogP contribution in [0.5, 0.6) is 0 Å². The molecule has 2 aromatic rings. The molecule has 0 aliphatic carbocycles. The quantitative estimate of drug-likeness (QED) is 0.802. The molecule has 0 unspecified atom stereocenters. The number of Topliss-reactive ketones (excluding diaryl/α,β-unsaturated/α-hetero) is 1. The fourth-order valence-electron chi connectivity index (χ4n) is 1.68. The molecule has 0 atom stereocenters. The van der Waals surface area contributed by atoms with Crippen LogP contribution in [0.15, 0.2) is 34.4 Å². The maximum atomic E-state index is 12.2. The summed E-state index contributed by atoms with van der Waals surface area (Å²) in [5.74, 6) is 0.165. The average Bonchev–Trinajstić information content (AvgIpc) is 2.74. The van der Waals surface area contributed by atoms with Gasteiger partial charge in [0, 0.05) is 29.3 Å². The first-order valence-corrected chi connectivity index (χ1v) is 7.02. The Morgan fingerprint density at radius 3 is 2.88 bits per heavy atom.